The Morgan fingerprint density at radius 3 is 2.37 bits per heavy atom. The lowest BCUT2D eigenvalue weighted by atomic mass is 10.1. The molecule has 1 aromatic rings. The standard InChI is InChI=1S/C12H16BrF2NO2S/c1-8(2)5-9(7-13)16-19(17,18)10-3-4-11(14)12(15)6-10/h3-4,6,8-9,16H,5,7H2,1-2H3. The molecule has 1 aromatic carbocycles. The molecule has 0 spiro atoms. The van der Waals surface area contributed by atoms with Gasteiger partial charge >= 0.3 is 0 Å². The Kier molecular flexibility index (Phi) is 5.88. The van der Waals surface area contributed by atoms with Gasteiger partial charge in [0.05, 0.1) is 4.90 Å². The number of rotatable bonds is 6. The van der Waals surface area contributed by atoms with Crippen LogP contribution < -0.4 is 4.72 Å². The molecule has 0 aliphatic heterocycles. The lowest BCUT2D eigenvalue weighted by Crippen LogP contribution is -2.37. The highest BCUT2D eigenvalue weighted by molar-refractivity contribution is 9.09. The molecule has 1 N–H and O–H groups in total. The van der Waals surface area contributed by atoms with Crippen molar-refractivity contribution in [3.05, 3.63) is 29.8 Å². The van der Waals surface area contributed by atoms with Crippen molar-refractivity contribution >= 4 is 26.0 Å². The fourth-order valence-electron chi connectivity index (χ4n) is 1.64. The molecular formula is C12H16BrF2NO2S. The number of nitrogens with one attached hydrogen (secondary N) is 1. The van der Waals surface area contributed by atoms with Gasteiger partial charge in [0.25, 0.3) is 0 Å². The molecule has 0 amide bonds. The second kappa shape index (κ2) is 6.76. The Morgan fingerprint density at radius 1 is 1.26 bits per heavy atom. The Bertz CT molecular complexity index is 535. The summed E-state index contributed by atoms with van der Waals surface area (Å²) < 4.78 is 52.4. The first kappa shape index (κ1) is 16.5. The molecule has 0 heterocycles. The van der Waals surface area contributed by atoms with Crippen molar-refractivity contribution in [2.45, 2.75) is 31.2 Å². The Hall–Kier alpha value is -0.530. The van der Waals surface area contributed by atoms with Crippen LogP contribution in [0.5, 0.6) is 0 Å². The van der Waals surface area contributed by atoms with Crippen molar-refractivity contribution in [3.8, 4) is 0 Å². The van der Waals surface area contributed by atoms with Gasteiger partial charge in [-0.15, -0.1) is 0 Å². The third-order valence-corrected chi connectivity index (χ3v) is 4.77. The number of benzene rings is 1. The Morgan fingerprint density at radius 2 is 1.89 bits per heavy atom. The summed E-state index contributed by atoms with van der Waals surface area (Å²) in [5.74, 6) is -1.93. The van der Waals surface area contributed by atoms with Crippen LogP contribution in [0.25, 0.3) is 0 Å². The molecule has 108 valence electrons. The monoisotopic (exact) mass is 355 g/mol. The maximum Gasteiger partial charge on any atom is 0.240 e. The quantitative estimate of drug-likeness (QED) is 0.797. The van der Waals surface area contributed by atoms with E-state index in [4.69, 9.17) is 0 Å². The van der Waals surface area contributed by atoms with Crippen LogP contribution in [0.1, 0.15) is 20.3 Å². The normalized spacial score (nSPS) is 13.8. The van der Waals surface area contributed by atoms with Gasteiger partial charge in [-0.2, -0.15) is 0 Å². The van der Waals surface area contributed by atoms with Gasteiger partial charge in [0.1, 0.15) is 0 Å². The lowest BCUT2D eigenvalue weighted by Gasteiger charge is -2.18. The molecule has 1 unspecified atom stereocenters. The molecule has 0 bridgehead atoms. The molecule has 7 heteroatoms. The molecule has 1 rings (SSSR count). The zero-order valence-electron chi connectivity index (χ0n) is 10.7. The highest BCUT2D eigenvalue weighted by atomic mass is 79.9. The first-order valence-electron chi connectivity index (χ1n) is 5.79. The first-order valence-corrected chi connectivity index (χ1v) is 8.40. The van der Waals surface area contributed by atoms with Crippen LogP contribution in [0, 0.1) is 17.6 Å². The van der Waals surface area contributed by atoms with Crippen LogP contribution in [0.2, 0.25) is 0 Å². The summed E-state index contributed by atoms with van der Waals surface area (Å²) in [5, 5.41) is 0.452. The number of hydrogen-bond acceptors (Lipinski definition) is 2. The second-order valence-corrected chi connectivity index (χ2v) is 7.04. The summed E-state index contributed by atoms with van der Waals surface area (Å²) in [7, 11) is -3.84. The molecule has 0 aliphatic rings. The topological polar surface area (TPSA) is 46.2 Å². The van der Waals surface area contributed by atoms with Gasteiger partial charge in [0.2, 0.25) is 10.0 Å². The van der Waals surface area contributed by atoms with E-state index in [0.717, 1.165) is 12.1 Å². The molecule has 0 aliphatic carbocycles. The maximum atomic E-state index is 13.1. The largest absolute Gasteiger partial charge is 0.240 e. The van der Waals surface area contributed by atoms with E-state index < -0.39 is 21.7 Å². The van der Waals surface area contributed by atoms with Crippen molar-refractivity contribution in [2.75, 3.05) is 5.33 Å². The summed E-state index contributed by atoms with van der Waals surface area (Å²) in [6, 6.07) is 2.23. The molecule has 0 saturated carbocycles. The maximum absolute atomic E-state index is 13.1. The summed E-state index contributed by atoms with van der Waals surface area (Å²) in [6.45, 7) is 3.95. The van der Waals surface area contributed by atoms with E-state index in [-0.39, 0.29) is 10.9 Å². The van der Waals surface area contributed by atoms with Crippen molar-refractivity contribution in [2.24, 2.45) is 5.92 Å². The zero-order valence-corrected chi connectivity index (χ0v) is 13.1. The van der Waals surface area contributed by atoms with Crippen LogP contribution >= 0.6 is 15.9 Å². The van der Waals surface area contributed by atoms with E-state index in [0.29, 0.717) is 23.7 Å². The molecule has 19 heavy (non-hydrogen) atoms. The first-order chi connectivity index (χ1) is 8.76. The minimum absolute atomic E-state index is 0.277. The van der Waals surface area contributed by atoms with E-state index in [2.05, 4.69) is 20.7 Å². The van der Waals surface area contributed by atoms with E-state index in [1.54, 1.807) is 0 Å². The molecular weight excluding hydrogens is 340 g/mol. The highest BCUT2D eigenvalue weighted by Crippen LogP contribution is 2.16. The predicted molar refractivity (Wildman–Crippen MR) is 73.7 cm³/mol. The van der Waals surface area contributed by atoms with Crippen LogP contribution in [-0.2, 0) is 10.0 Å². The van der Waals surface area contributed by atoms with E-state index in [9.17, 15) is 17.2 Å². The fraction of sp³-hybridized carbons (Fsp3) is 0.500. The molecule has 0 aromatic heterocycles. The second-order valence-electron chi connectivity index (χ2n) is 4.68. The number of sulfonamides is 1. The summed E-state index contributed by atoms with van der Waals surface area (Å²) in [6.07, 6.45) is 0.647. The van der Waals surface area contributed by atoms with Crippen LogP contribution in [-0.4, -0.2) is 19.8 Å². The van der Waals surface area contributed by atoms with Crippen molar-refractivity contribution in [1.29, 1.82) is 0 Å². The molecule has 0 radical (unpaired) electrons. The molecule has 3 nitrogen and oxygen atoms in total. The van der Waals surface area contributed by atoms with Crippen molar-refractivity contribution in [3.63, 3.8) is 0 Å². The molecule has 0 saturated heterocycles. The van der Waals surface area contributed by atoms with Gasteiger partial charge in [0.15, 0.2) is 11.6 Å². The SMILES string of the molecule is CC(C)CC(CBr)NS(=O)(=O)c1ccc(F)c(F)c1. The van der Waals surface area contributed by atoms with Crippen molar-refractivity contribution in [1.82, 2.24) is 4.72 Å². The minimum Gasteiger partial charge on any atom is -0.207 e. The van der Waals surface area contributed by atoms with E-state index >= 15 is 0 Å². The Labute approximate surface area is 120 Å². The van der Waals surface area contributed by atoms with Gasteiger partial charge in [-0.25, -0.2) is 21.9 Å². The van der Waals surface area contributed by atoms with Crippen LogP contribution in [0.15, 0.2) is 23.1 Å². The van der Waals surface area contributed by atoms with Gasteiger partial charge < -0.3 is 0 Å². The fourth-order valence-corrected chi connectivity index (χ4v) is 3.54. The number of halogens is 3. The number of hydrogen-bond donors (Lipinski definition) is 1. The smallest absolute Gasteiger partial charge is 0.207 e. The van der Waals surface area contributed by atoms with E-state index in [1.165, 1.54) is 0 Å². The van der Waals surface area contributed by atoms with E-state index in [1.807, 2.05) is 13.8 Å². The van der Waals surface area contributed by atoms with Crippen LogP contribution in [0.4, 0.5) is 8.78 Å². The average molecular weight is 356 g/mol. The molecule has 1 atom stereocenters. The lowest BCUT2D eigenvalue weighted by molar-refractivity contribution is 0.485. The van der Waals surface area contributed by atoms with Crippen molar-refractivity contribution < 1.29 is 17.2 Å². The van der Waals surface area contributed by atoms with Crippen LogP contribution in [0.3, 0.4) is 0 Å². The number of alkyl halides is 1. The van der Waals surface area contributed by atoms with Gasteiger partial charge in [-0.05, 0) is 30.5 Å². The minimum atomic E-state index is -3.84. The zero-order chi connectivity index (χ0) is 14.6. The average Bonchev–Trinajstić information content (AvgIpc) is 2.30. The summed E-state index contributed by atoms with van der Waals surface area (Å²) >= 11 is 3.23. The Balaban J connectivity index is 2.93. The third kappa shape index (κ3) is 4.81. The van der Waals surface area contributed by atoms with Gasteiger partial charge in [-0.1, -0.05) is 29.8 Å². The third-order valence-electron chi connectivity index (χ3n) is 2.47. The highest BCUT2D eigenvalue weighted by Gasteiger charge is 2.21. The van der Waals surface area contributed by atoms with Gasteiger partial charge in [-0.3, -0.25) is 0 Å². The summed E-state index contributed by atoms with van der Waals surface area (Å²) in [4.78, 5) is -0.277. The summed E-state index contributed by atoms with van der Waals surface area (Å²) in [5.41, 5.74) is 0. The molecule has 0 fully saturated rings. The predicted octanol–water partition coefficient (Wildman–Crippen LogP) is 3.05. The van der Waals surface area contributed by atoms with Gasteiger partial charge in [0, 0.05) is 11.4 Å².